The van der Waals surface area contributed by atoms with E-state index in [2.05, 4.69) is 51.3 Å². The van der Waals surface area contributed by atoms with Crippen LogP contribution in [0.25, 0.3) is 22.2 Å². The first-order valence-electron chi connectivity index (χ1n) is 9.28. The van der Waals surface area contributed by atoms with E-state index < -0.39 is 0 Å². The van der Waals surface area contributed by atoms with Crippen LogP contribution in [0.3, 0.4) is 0 Å². The summed E-state index contributed by atoms with van der Waals surface area (Å²) >= 11 is 0. The number of nitrogens with one attached hydrogen (secondary N) is 1. The van der Waals surface area contributed by atoms with Gasteiger partial charge in [0.15, 0.2) is 0 Å². The normalized spacial score (nSPS) is 25.8. The lowest BCUT2D eigenvalue weighted by atomic mass is 9.87. The number of hydrogen-bond acceptors (Lipinski definition) is 3. The Kier molecular flexibility index (Phi) is 3.71. The van der Waals surface area contributed by atoms with Crippen LogP contribution in [-0.2, 0) is 0 Å². The van der Waals surface area contributed by atoms with Crippen LogP contribution in [0.2, 0.25) is 0 Å². The van der Waals surface area contributed by atoms with Gasteiger partial charge in [0.2, 0.25) is 0 Å². The highest BCUT2D eigenvalue weighted by atomic mass is 16.5. The van der Waals surface area contributed by atoms with Crippen molar-refractivity contribution in [2.45, 2.75) is 25.4 Å². The van der Waals surface area contributed by atoms with Gasteiger partial charge in [-0.05, 0) is 56.1 Å². The standard InChI is InChI=1S/C21H23N3O/c1-2-17-14-24(10-1)11-8-21(17)25-18-4-6-20(23-13-18)15-3-5-19-16(12-15)7-9-22-19/h3-7,9,12-13,17,21-22H,1-2,8,10-11,14H2/t17-,21?/m1/s1. The van der Waals surface area contributed by atoms with Crippen LogP contribution in [0.1, 0.15) is 19.3 Å². The van der Waals surface area contributed by atoms with E-state index in [0.29, 0.717) is 12.0 Å². The Morgan fingerprint density at radius 1 is 1.08 bits per heavy atom. The van der Waals surface area contributed by atoms with Crippen molar-refractivity contribution in [3.05, 3.63) is 48.8 Å². The molecule has 25 heavy (non-hydrogen) atoms. The smallest absolute Gasteiger partial charge is 0.138 e. The first-order valence-corrected chi connectivity index (χ1v) is 9.28. The van der Waals surface area contributed by atoms with E-state index >= 15 is 0 Å². The summed E-state index contributed by atoms with van der Waals surface area (Å²) in [6, 6.07) is 12.6. The van der Waals surface area contributed by atoms with Gasteiger partial charge >= 0.3 is 0 Å². The van der Waals surface area contributed by atoms with Crippen molar-refractivity contribution in [2.75, 3.05) is 19.6 Å². The van der Waals surface area contributed by atoms with Crippen LogP contribution >= 0.6 is 0 Å². The van der Waals surface area contributed by atoms with Crippen molar-refractivity contribution in [3.8, 4) is 17.0 Å². The second-order valence-electron chi connectivity index (χ2n) is 7.31. The van der Waals surface area contributed by atoms with E-state index in [-0.39, 0.29) is 0 Å². The number of nitrogens with zero attached hydrogens (tertiary/aromatic N) is 2. The SMILES string of the molecule is c1cc2cc(-c3ccc(OC4CCN5CCC[C@@H]4C5)cn3)ccc2[nH]1. The molecular formula is C21H23N3O. The van der Waals surface area contributed by atoms with Gasteiger partial charge in [-0.25, -0.2) is 0 Å². The largest absolute Gasteiger partial charge is 0.488 e. The Balaban J connectivity index is 1.32. The average Bonchev–Trinajstić information content (AvgIpc) is 3.13. The zero-order valence-electron chi connectivity index (χ0n) is 14.3. The number of aromatic nitrogens is 2. The van der Waals surface area contributed by atoms with Gasteiger partial charge in [0, 0.05) is 41.7 Å². The minimum Gasteiger partial charge on any atom is -0.488 e. The van der Waals surface area contributed by atoms with E-state index in [1.165, 1.54) is 37.9 Å². The number of pyridine rings is 1. The molecule has 0 amide bonds. The third-order valence-corrected chi connectivity index (χ3v) is 5.67. The summed E-state index contributed by atoms with van der Waals surface area (Å²) in [6.07, 6.45) is 7.94. The predicted molar refractivity (Wildman–Crippen MR) is 99.7 cm³/mol. The minimum atomic E-state index is 0.348. The first kappa shape index (κ1) is 15.0. The van der Waals surface area contributed by atoms with Gasteiger partial charge in [0.05, 0.1) is 11.9 Å². The number of hydrogen-bond donors (Lipinski definition) is 1. The molecule has 2 aromatic heterocycles. The highest BCUT2D eigenvalue weighted by Crippen LogP contribution is 2.30. The molecule has 0 spiro atoms. The fourth-order valence-corrected chi connectivity index (χ4v) is 4.31. The fourth-order valence-electron chi connectivity index (χ4n) is 4.31. The number of aromatic amines is 1. The summed E-state index contributed by atoms with van der Waals surface area (Å²) in [7, 11) is 0. The second kappa shape index (κ2) is 6.19. The molecular weight excluding hydrogens is 310 g/mol. The van der Waals surface area contributed by atoms with Crippen molar-refractivity contribution in [1.29, 1.82) is 0 Å². The summed E-state index contributed by atoms with van der Waals surface area (Å²) in [5.41, 5.74) is 3.28. The van der Waals surface area contributed by atoms with Crippen LogP contribution < -0.4 is 4.74 Å². The van der Waals surface area contributed by atoms with Crippen LogP contribution in [0, 0.1) is 5.92 Å². The number of benzene rings is 1. The monoisotopic (exact) mass is 333 g/mol. The van der Waals surface area contributed by atoms with Gasteiger partial charge in [-0.2, -0.15) is 0 Å². The van der Waals surface area contributed by atoms with Gasteiger partial charge in [0.25, 0.3) is 0 Å². The van der Waals surface area contributed by atoms with Gasteiger partial charge < -0.3 is 14.6 Å². The number of fused-ring (bicyclic) bond motifs is 3. The molecule has 2 unspecified atom stereocenters. The quantitative estimate of drug-likeness (QED) is 0.785. The summed E-state index contributed by atoms with van der Waals surface area (Å²) < 4.78 is 6.30. The molecule has 2 bridgehead atoms. The van der Waals surface area contributed by atoms with Gasteiger partial charge in [-0.1, -0.05) is 6.07 Å². The molecule has 2 fully saturated rings. The summed E-state index contributed by atoms with van der Waals surface area (Å²) in [5, 5.41) is 1.21. The van der Waals surface area contributed by atoms with Gasteiger partial charge in [-0.3, -0.25) is 4.98 Å². The minimum absolute atomic E-state index is 0.348. The van der Waals surface area contributed by atoms with E-state index in [0.717, 1.165) is 28.9 Å². The maximum Gasteiger partial charge on any atom is 0.138 e. The molecule has 2 aliphatic heterocycles. The lowest BCUT2D eigenvalue weighted by molar-refractivity contribution is 0.0150. The summed E-state index contributed by atoms with van der Waals surface area (Å²) in [5.74, 6) is 1.58. The third-order valence-electron chi connectivity index (χ3n) is 5.67. The number of rotatable bonds is 3. The Morgan fingerprint density at radius 3 is 3.00 bits per heavy atom. The average molecular weight is 333 g/mol. The van der Waals surface area contributed by atoms with Crippen LogP contribution in [0.15, 0.2) is 48.8 Å². The first-order chi connectivity index (χ1) is 12.3. The molecule has 0 radical (unpaired) electrons. The van der Waals surface area contributed by atoms with Crippen molar-refractivity contribution >= 4 is 10.9 Å². The van der Waals surface area contributed by atoms with Crippen molar-refractivity contribution in [2.24, 2.45) is 5.92 Å². The third kappa shape index (κ3) is 2.91. The molecule has 3 atom stereocenters. The fraction of sp³-hybridized carbons (Fsp3) is 0.381. The Labute approximate surface area is 147 Å². The van der Waals surface area contributed by atoms with E-state index in [9.17, 15) is 0 Å². The Hall–Kier alpha value is -2.33. The Morgan fingerprint density at radius 2 is 2.08 bits per heavy atom. The van der Waals surface area contributed by atoms with E-state index in [4.69, 9.17) is 4.74 Å². The topological polar surface area (TPSA) is 41.1 Å². The lowest BCUT2D eigenvalue weighted by Gasteiger charge is -2.42. The summed E-state index contributed by atoms with van der Waals surface area (Å²) in [4.78, 5) is 10.4. The molecule has 2 aliphatic rings. The maximum absolute atomic E-state index is 6.30. The molecule has 4 heteroatoms. The highest BCUT2D eigenvalue weighted by Gasteiger charge is 2.33. The van der Waals surface area contributed by atoms with Crippen LogP contribution in [0.4, 0.5) is 0 Å². The molecule has 1 N–H and O–H groups in total. The highest BCUT2D eigenvalue weighted by molar-refractivity contribution is 5.84. The molecule has 1 aromatic carbocycles. The number of piperidine rings is 2. The molecule has 4 nitrogen and oxygen atoms in total. The molecule has 0 aliphatic carbocycles. The van der Waals surface area contributed by atoms with Crippen molar-refractivity contribution in [1.82, 2.24) is 14.9 Å². The molecule has 4 heterocycles. The van der Waals surface area contributed by atoms with Crippen LogP contribution in [0.5, 0.6) is 5.75 Å². The molecule has 5 rings (SSSR count). The number of ether oxygens (including phenoxy) is 1. The van der Waals surface area contributed by atoms with Crippen molar-refractivity contribution < 1.29 is 4.74 Å². The predicted octanol–water partition coefficient (Wildman–Crippen LogP) is 4.09. The maximum atomic E-state index is 6.30. The zero-order valence-corrected chi connectivity index (χ0v) is 14.3. The van der Waals surface area contributed by atoms with Crippen LogP contribution in [-0.4, -0.2) is 40.6 Å². The van der Waals surface area contributed by atoms with Gasteiger partial charge in [-0.15, -0.1) is 0 Å². The zero-order chi connectivity index (χ0) is 16.6. The summed E-state index contributed by atoms with van der Waals surface area (Å²) in [6.45, 7) is 3.64. The molecule has 2 saturated heterocycles. The van der Waals surface area contributed by atoms with E-state index in [1.807, 2.05) is 12.4 Å². The molecule has 0 saturated carbocycles. The number of H-pyrrole nitrogens is 1. The van der Waals surface area contributed by atoms with Gasteiger partial charge in [0.1, 0.15) is 11.9 Å². The molecule has 3 aromatic rings. The van der Waals surface area contributed by atoms with Crippen molar-refractivity contribution in [3.63, 3.8) is 0 Å². The molecule has 128 valence electrons. The Bertz CT molecular complexity index is 870. The lowest BCUT2D eigenvalue weighted by Crippen LogP contribution is -2.48. The van der Waals surface area contributed by atoms with E-state index in [1.54, 1.807) is 0 Å². The second-order valence-corrected chi connectivity index (χ2v) is 7.31.